The number of hydrazine groups is 1. The fourth-order valence-electron chi connectivity index (χ4n) is 1.08. The smallest absolute Gasteiger partial charge is 0.275 e. The molecule has 0 radical (unpaired) electrons. The van der Waals surface area contributed by atoms with E-state index in [1.807, 2.05) is 11.4 Å². The maximum atomic E-state index is 11.3. The highest BCUT2D eigenvalue weighted by atomic mass is 32.2. The summed E-state index contributed by atoms with van der Waals surface area (Å²) in [5, 5.41) is 1.91. The SMILES string of the molecule is NCCCSCc1ccsc1C(=O)NN. The Morgan fingerprint density at radius 2 is 2.40 bits per heavy atom. The van der Waals surface area contributed by atoms with E-state index in [1.165, 1.54) is 11.3 Å². The Morgan fingerprint density at radius 1 is 1.60 bits per heavy atom. The van der Waals surface area contributed by atoms with Gasteiger partial charge in [0.2, 0.25) is 0 Å². The molecule has 1 heterocycles. The number of carbonyl (C=O) groups is 1. The summed E-state index contributed by atoms with van der Waals surface area (Å²) >= 11 is 3.20. The molecule has 6 heteroatoms. The van der Waals surface area contributed by atoms with Gasteiger partial charge in [0, 0.05) is 5.75 Å². The number of amides is 1. The lowest BCUT2D eigenvalue weighted by Crippen LogP contribution is -2.29. The molecule has 84 valence electrons. The molecule has 5 N–H and O–H groups in total. The molecule has 1 rings (SSSR count). The van der Waals surface area contributed by atoms with E-state index in [0.29, 0.717) is 11.4 Å². The molecule has 0 aliphatic carbocycles. The number of hydrogen-bond acceptors (Lipinski definition) is 5. The van der Waals surface area contributed by atoms with Crippen LogP contribution in [-0.2, 0) is 5.75 Å². The zero-order valence-corrected chi connectivity index (χ0v) is 10.00. The molecule has 0 aliphatic rings. The van der Waals surface area contributed by atoms with Gasteiger partial charge in [-0.15, -0.1) is 11.3 Å². The number of carbonyl (C=O) groups excluding carboxylic acids is 1. The number of thioether (sulfide) groups is 1. The van der Waals surface area contributed by atoms with Gasteiger partial charge in [0.1, 0.15) is 0 Å². The maximum Gasteiger partial charge on any atom is 0.275 e. The number of nitrogens with one attached hydrogen (secondary N) is 1. The van der Waals surface area contributed by atoms with Crippen LogP contribution in [0.5, 0.6) is 0 Å². The molecule has 1 amide bonds. The average molecular weight is 245 g/mol. The molecule has 0 spiro atoms. The third-order valence-corrected chi connectivity index (χ3v) is 3.88. The van der Waals surface area contributed by atoms with Crippen molar-refractivity contribution < 1.29 is 4.79 Å². The first kappa shape index (κ1) is 12.5. The fourth-order valence-corrected chi connectivity index (χ4v) is 2.97. The van der Waals surface area contributed by atoms with Crippen molar-refractivity contribution in [3.63, 3.8) is 0 Å². The first-order chi connectivity index (χ1) is 7.29. The van der Waals surface area contributed by atoms with Crippen LogP contribution < -0.4 is 17.0 Å². The van der Waals surface area contributed by atoms with Crippen molar-refractivity contribution in [2.75, 3.05) is 12.3 Å². The van der Waals surface area contributed by atoms with E-state index in [9.17, 15) is 4.79 Å². The predicted octanol–water partition coefficient (Wildman–Crippen LogP) is 0.934. The normalized spacial score (nSPS) is 10.3. The molecular formula is C9H15N3OS2. The number of thiophene rings is 1. The van der Waals surface area contributed by atoms with E-state index in [-0.39, 0.29) is 5.91 Å². The third-order valence-electron chi connectivity index (χ3n) is 1.83. The minimum Gasteiger partial charge on any atom is -0.330 e. The van der Waals surface area contributed by atoms with Crippen molar-refractivity contribution in [1.82, 2.24) is 5.43 Å². The molecule has 1 aromatic heterocycles. The van der Waals surface area contributed by atoms with Gasteiger partial charge < -0.3 is 5.73 Å². The summed E-state index contributed by atoms with van der Waals surface area (Å²) in [7, 11) is 0. The highest BCUT2D eigenvalue weighted by molar-refractivity contribution is 7.98. The van der Waals surface area contributed by atoms with Gasteiger partial charge in [0.25, 0.3) is 5.91 Å². The van der Waals surface area contributed by atoms with Crippen LogP contribution in [0.3, 0.4) is 0 Å². The first-order valence-electron chi connectivity index (χ1n) is 4.64. The van der Waals surface area contributed by atoms with Crippen LogP contribution in [0.25, 0.3) is 0 Å². The molecule has 4 nitrogen and oxygen atoms in total. The standard InChI is InChI=1S/C9H15N3OS2/c10-3-1-4-14-6-7-2-5-15-8(7)9(13)12-11/h2,5H,1,3-4,6,10-11H2,(H,12,13). The number of rotatable bonds is 6. The van der Waals surface area contributed by atoms with Gasteiger partial charge in [-0.2, -0.15) is 11.8 Å². The number of nitrogens with two attached hydrogens (primary N) is 2. The van der Waals surface area contributed by atoms with Crippen LogP contribution >= 0.6 is 23.1 Å². The third kappa shape index (κ3) is 3.83. The Bertz CT molecular complexity index is 314. The Morgan fingerprint density at radius 3 is 3.07 bits per heavy atom. The van der Waals surface area contributed by atoms with Crippen LogP contribution in [0.15, 0.2) is 11.4 Å². The molecule has 0 atom stereocenters. The zero-order chi connectivity index (χ0) is 11.1. The Hall–Kier alpha value is -0.560. The van der Waals surface area contributed by atoms with Crippen molar-refractivity contribution in [3.8, 4) is 0 Å². The second-order valence-corrected chi connectivity index (χ2v) is 4.96. The lowest BCUT2D eigenvalue weighted by atomic mass is 10.3. The Kier molecular flexibility index (Phi) is 5.70. The second-order valence-electron chi connectivity index (χ2n) is 2.94. The largest absolute Gasteiger partial charge is 0.330 e. The second kappa shape index (κ2) is 6.84. The number of nitrogen functional groups attached to an aromatic ring is 1. The molecule has 1 aromatic rings. The van der Waals surface area contributed by atoms with Gasteiger partial charge in [-0.05, 0) is 35.7 Å². The van der Waals surface area contributed by atoms with E-state index in [0.717, 1.165) is 23.5 Å². The van der Waals surface area contributed by atoms with Crippen LogP contribution in [-0.4, -0.2) is 18.2 Å². The predicted molar refractivity (Wildman–Crippen MR) is 65.8 cm³/mol. The van der Waals surface area contributed by atoms with E-state index >= 15 is 0 Å². The lowest BCUT2D eigenvalue weighted by molar-refractivity contribution is 0.0957. The highest BCUT2D eigenvalue weighted by Crippen LogP contribution is 2.21. The molecule has 0 aromatic carbocycles. The van der Waals surface area contributed by atoms with Crippen molar-refractivity contribution in [2.24, 2.45) is 11.6 Å². The van der Waals surface area contributed by atoms with Gasteiger partial charge in [-0.1, -0.05) is 0 Å². The minimum atomic E-state index is -0.209. The van der Waals surface area contributed by atoms with Crippen LogP contribution in [0, 0.1) is 0 Å². The molecular weight excluding hydrogens is 230 g/mol. The quantitative estimate of drug-likeness (QED) is 0.301. The van der Waals surface area contributed by atoms with Crippen molar-refractivity contribution >= 4 is 29.0 Å². The average Bonchev–Trinajstić information content (AvgIpc) is 2.71. The molecule has 0 bridgehead atoms. The molecule has 0 aliphatic heterocycles. The minimum absolute atomic E-state index is 0.209. The van der Waals surface area contributed by atoms with E-state index < -0.39 is 0 Å². The topological polar surface area (TPSA) is 81.1 Å². The van der Waals surface area contributed by atoms with Crippen molar-refractivity contribution in [2.45, 2.75) is 12.2 Å². The Balaban J connectivity index is 2.46. The van der Waals surface area contributed by atoms with Crippen LogP contribution in [0.1, 0.15) is 21.7 Å². The van der Waals surface area contributed by atoms with Gasteiger partial charge in [-0.25, -0.2) is 5.84 Å². The monoisotopic (exact) mass is 245 g/mol. The van der Waals surface area contributed by atoms with Gasteiger partial charge in [0.05, 0.1) is 4.88 Å². The molecule has 0 saturated heterocycles. The highest BCUT2D eigenvalue weighted by Gasteiger charge is 2.11. The Labute approximate surface area is 97.4 Å². The maximum absolute atomic E-state index is 11.3. The molecule has 0 saturated carbocycles. The van der Waals surface area contributed by atoms with Crippen LogP contribution in [0.4, 0.5) is 0 Å². The molecule has 15 heavy (non-hydrogen) atoms. The van der Waals surface area contributed by atoms with E-state index in [2.05, 4.69) is 5.43 Å². The zero-order valence-electron chi connectivity index (χ0n) is 8.36. The summed E-state index contributed by atoms with van der Waals surface area (Å²) < 4.78 is 0. The fraction of sp³-hybridized carbons (Fsp3) is 0.444. The van der Waals surface area contributed by atoms with Gasteiger partial charge >= 0.3 is 0 Å². The van der Waals surface area contributed by atoms with Crippen molar-refractivity contribution in [3.05, 3.63) is 21.9 Å². The van der Waals surface area contributed by atoms with Gasteiger partial charge in [-0.3, -0.25) is 10.2 Å². The summed E-state index contributed by atoms with van der Waals surface area (Å²) in [6.45, 7) is 0.715. The summed E-state index contributed by atoms with van der Waals surface area (Å²) in [5.41, 5.74) is 8.59. The summed E-state index contributed by atoms with van der Waals surface area (Å²) in [4.78, 5) is 12.0. The molecule has 0 fully saturated rings. The number of hydrogen-bond donors (Lipinski definition) is 3. The summed E-state index contributed by atoms with van der Waals surface area (Å²) in [5.74, 6) is 6.75. The first-order valence-corrected chi connectivity index (χ1v) is 6.68. The molecule has 0 unspecified atom stereocenters. The summed E-state index contributed by atoms with van der Waals surface area (Å²) in [6, 6.07) is 1.96. The van der Waals surface area contributed by atoms with E-state index in [4.69, 9.17) is 11.6 Å². The lowest BCUT2D eigenvalue weighted by Gasteiger charge is -2.02. The van der Waals surface area contributed by atoms with Crippen LogP contribution in [0.2, 0.25) is 0 Å². The summed E-state index contributed by atoms with van der Waals surface area (Å²) in [6.07, 6.45) is 1.01. The van der Waals surface area contributed by atoms with Gasteiger partial charge in [0.15, 0.2) is 0 Å². The van der Waals surface area contributed by atoms with E-state index in [1.54, 1.807) is 11.8 Å². The van der Waals surface area contributed by atoms with Crippen molar-refractivity contribution in [1.29, 1.82) is 0 Å².